The van der Waals surface area contributed by atoms with Crippen molar-refractivity contribution in [2.75, 3.05) is 11.1 Å². The first-order chi connectivity index (χ1) is 7.65. The molecule has 2 aromatic heterocycles. The zero-order valence-electron chi connectivity index (χ0n) is 9.14. The van der Waals surface area contributed by atoms with Crippen LogP contribution in [0.5, 0.6) is 0 Å². The number of hydrogen-bond acceptors (Lipinski definition) is 6. The third-order valence-electron chi connectivity index (χ3n) is 2.06. The standard InChI is InChI=1S/C10H13N5O/c1-6-5-12-10(16-6)7(2)13-9-4-3-8(11)14-15-9/h3-5,7H,1-2H3,(H2,11,14)(H,13,15). The minimum absolute atomic E-state index is 0.0633. The number of nitrogens with one attached hydrogen (secondary N) is 1. The first-order valence-electron chi connectivity index (χ1n) is 4.93. The molecule has 0 aliphatic rings. The maximum Gasteiger partial charge on any atom is 0.216 e. The van der Waals surface area contributed by atoms with Crippen molar-refractivity contribution in [1.82, 2.24) is 15.2 Å². The predicted molar refractivity (Wildman–Crippen MR) is 59.7 cm³/mol. The second kappa shape index (κ2) is 4.18. The highest BCUT2D eigenvalue weighted by molar-refractivity contribution is 5.39. The number of nitrogens with zero attached hydrogens (tertiary/aromatic N) is 3. The molecule has 0 spiro atoms. The van der Waals surface area contributed by atoms with E-state index in [0.29, 0.717) is 17.5 Å². The van der Waals surface area contributed by atoms with Gasteiger partial charge in [-0.15, -0.1) is 10.2 Å². The average Bonchev–Trinajstić information content (AvgIpc) is 2.68. The molecule has 0 amide bonds. The van der Waals surface area contributed by atoms with Gasteiger partial charge in [0.05, 0.1) is 6.20 Å². The number of oxazole rings is 1. The van der Waals surface area contributed by atoms with E-state index in [0.717, 1.165) is 5.76 Å². The Balaban J connectivity index is 2.07. The zero-order chi connectivity index (χ0) is 11.5. The summed E-state index contributed by atoms with van der Waals surface area (Å²) < 4.78 is 5.39. The fourth-order valence-corrected chi connectivity index (χ4v) is 1.28. The van der Waals surface area contributed by atoms with Gasteiger partial charge in [-0.25, -0.2) is 4.98 Å². The molecule has 2 heterocycles. The smallest absolute Gasteiger partial charge is 0.216 e. The molecule has 0 aliphatic heterocycles. The van der Waals surface area contributed by atoms with Gasteiger partial charge in [-0.2, -0.15) is 0 Å². The molecule has 0 bridgehead atoms. The van der Waals surface area contributed by atoms with Crippen molar-refractivity contribution in [3.05, 3.63) is 30.0 Å². The second-order valence-electron chi connectivity index (χ2n) is 3.52. The quantitative estimate of drug-likeness (QED) is 0.813. The maximum absolute atomic E-state index is 5.44. The SMILES string of the molecule is Cc1cnc(C(C)Nc2ccc(N)nn2)o1. The van der Waals surface area contributed by atoms with E-state index >= 15 is 0 Å². The van der Waals surface area contributed by atoms with Gasteiger partial charge in [-0.1, -0.05) is 0 Å². The van der Waals surface area contributed by atoms with Gasteiger partial charge in [0.1, 0.15) is 23.4 Å². The van der Waals surface area contributed by atoms with Gasteiger partial charge in [-0.05, 0) is 26.0 Å². The van der Waals surface area contributed by atoms with Crippen LogP contribution in [0.4, 0.5) is 11.6 Å². The number of aromatic nitrogens is 3. The van der Waals surface area contributed by atoms with Gasteiger partial charge >= 0.3 is 0 Å². The number of aryl methyl sites for hydroxylation is 1. The maximum atomic E-state index is 5.44. The Kier molecular flexibility index (Phi) is 2.72. The highest BCUT2D eigenvalue weighted by Gasteiger charge is 2.11. The predicted octanol–water partition coefficient (Wildman–Crippen LogP) is 1.53. The third kappa shape index (κ3) is 2.28. The molecule has 0 radical (unpaired) electrons. The van der Waals surface area contributed by atoms with Crippen molar-refractivity contribution in [2.45, 2.75) is 19.9 Å². The fourth-order valence-electron chi connectivity index (χ4n) is 1.28. The lowest BCUT2D eigenvalue weighted by molar-refractivity contribution is 0.453. The average molecular weight is 219 g/mol. The molecule has 0 fully saturated rings. The Morgan fingerprint density at radius 1 is 1.38 bits per heavy atom. The van der Waals surface area contributed by atoms with Crippen molar-refractivity contribution >= 4 is 11.6 Å². The van der Waals surface area contributed by atoms with Gasteiger partial charge in [0, 0.05) is 0 Å². The number of nitrogens with two attached hydrogens (primary N) is 1. The minimum Gasteiger partial charge on any atom is -0.444 e. The van der Waals surface area contributed by atoms with Crippen molar-refractivity contribution in [1.29, 1.82) is 0 Å². The monoisotopic (exact) mass is 219 g/mol. The molecular formula is C10H13N5O. The van der Waals surface area contributed by atoms with Crippen LogP contribution in [0, 0.1) is 6.92 Å². The lowest BCUT2D eigenvalue weighted by Gasteiger charge is -2.09. The summed E-state index contributed by atoms with van der Waals surface area (Å²) in [6.07, 6.45) is 1.68. The molecule has 6 heteroatoms. The molecule has 3 N–H and O–H groups in total. The highest BCUT2D eigenvalue weighted by Crippen LogP contribution is 2.17. The summed E-state index contributed by atoms with van der Waals surface area (Å²) in [5.74, 6) is 2.44. The van der Waals surface area contributed by atoms with Crippen LogP contribution < -0.4 is 11.1 Å². The second-order valence-corrected chi connectivity index (χ2v) is 3.52. The van der Waals surface area contributed by atoms with E-state index in [-0.39, 0.29) is 6.04 Å². The van der Waals surface area contributed by atoms with E-state index in [9.17, 15) is 0 Å². The molecule has 6 nitrogen and oxygen atoms in total. The summed E-state index contributed by atoms with van der Waals surface area (Å²) in [7, 11) is 0. The summed E-state index contributed by atoms with van der Waals surface area (Å²) >= 11 is 0. The summed E-state index contributed by atoms with van der Waals surface area (Å²) in [4.78, 5) is 4.13. The van der Waals surface area contributed by atoms with Crippen molar-refractivity contribution in [2.24, 2.45) is 0 Å². The van der Waals surface area contributed by atoms with E-state index in [1.54, 1.807) is 18.3 Å². The molecule has 0 aromatic carbocycles. The van der Waals surface area contributed by atoms with Gasteiger partial charge in [0.15, 0.2) is 0 Å². The molecule has 1 atom stereocenters. The Hall–Kier alpha value is -2.11. The highest BCUT2D eigenvalue weighted by atomic mass is 16.4. The molecular weight excluding hydrogens is 206 g/mol. The van der Waals surface area contributed by atoms with Gasteiger partial charge in [-0.3, -0.25) is 0 Å². The Labute approximate surface area is 92.9 Å². The summed E-state index contributed by atoms with van der Waals surface area (Å²) in [5, 5.41) is 10.8. The van der Waals surface area contributed by atoms with Crippen molar-refractivity contribution in [3.63, 3.8) is 0 Å². The zero-order valence-corrected chi connectivity index (χ0v) is 9.14. The minimum atomic E-state index is -0.0633. The van der Waals surface area contributed by atoms with E-state index in [1.165, 1.54) is 0 Å². The third-order valence-corrected chi connectivity index (χ3v) is 2.06. The number of rotatable bonds is 3. The molecule has 0 saturated heterocycles. The normalized spacial score (nSPS) is 12.4. The van der Waals surface area contributed by atoms with E-state index in [2.05, 4.69) is 20.5 Å². The van der Waals surface area contributed by atoms with E-state index < -0.39 is 0 Å². The first kappa shape index (κ1) is 10.4. The van der Waals surface area contributed by atoms with Crippen molar-refractivity contribution in [3.8, 4) is 0 Å². The molecule has 2 rings (SSSR count). The molecule has 84 valence electrons. The fraction of sp³-hybridized carbons (Fsp3) is 0.300. The number of nitrogen functional groups attached to an aromatic ring is 1. The van der Waals surface area contributed by atoms with Crippen LogP contribution in [0.2, 0.25) is 0 Å². The molecule has 0 saturated carbocycles. The first-order valence-corrected chi connectivity index (χ1v) is 4.93. The van der Waals surface area contributed by atoms with Crippen LogP contribution in [0.15, 0.2) is 22.7 Å². The van der Waals surface area contributed by atoms with Crippen LogP contribution in [0.3, 0.4) is 0 Å². The van der Waals surface area contributed by atoms with Crippen LogP contribution in [0.25, 0.3) is 0 Å². The van der Waals surface area contributed by atoms with Crippen LogP contribution in [0.1, 0.15) is 24.6 Å². The lowest BCUT2D eigenvalue weighted by Crippen LogP contribution is -2.09. The van der Waals surface area contributed by atoms with Gasteiger partial charge in [0.2, 0.25) is 5.89 Å². The van der Waals surface area contributed by atoms with Gasteiger partial charge < -0.3 is 15.5 Å². The van der Waals surface area contributed by atoms with Crippen LogP contribution in [-0.2, 0) is 0 Å². The Bertz CT molecular complexity index is 464. The summed E-state index contributed by atoms with van der Waals surface area (Å²) in [6.45, 7) is 3.79. The number of anilines is 2. The Morgan fingerprint density at radius 2 is 2.19 bits per heavy atom. The van der Waals surface area contributed by atoms with E-state index in [1.807, 2.05) is 13.8 Å². The topological polar surface area (TPSA) is 89.9 Å². The molecule has 16 heavy (non-hydrogen) atoms. The summed E-state index contributed by atoms with van der Waals surface area (Å²) in [6, 6.07) is 3.38. The number of hydrogen-bond donors (Lipinski definition) is 2. The van der Waals surface area contributed by atoms with Crippen molar-refractivity contribution < 1.29 is 4.42 Å². The largest absolute Gasteiger partial charge is 0.444 e. The molecule has 0 aliphatic carbocycles. The van der Waals surface area contributed by atoms with Gasteiger partial charge in [0.25, 0.3) is 0 Å². The Morgan fingerprint density at radius 3 is 2.75 bits per heavy atom. The summed E-state index contributed by atoms with van der Waals surface area (Å²) in [5.41, 5.74) is 5.44. The van der Waals surface area contributed by atoms with E-state index in [4.69, 9.17) is 10.2 Å². The lowest BCUT2D eigenvalue weighted by atomic mass is 10.3. The van der Waals surface area contributed by atoms with Crippen LogP contribution >= 0.6 is 0 Å². The molecule has 1 unspecified atom stereocenters. The van der Waals surface area contributed by atoms with Crippen LogP contribution in [-0.4, -0.2) is 15.2 Å². The molecule has 2 aromatic rings.